The summed E-state index contributed by atoms with van der Waals surface area (Å²) in [7, 11) is 1.59. The van der Waals surface area contributed by atoms with E-state index in [1.807, 2.05) is 31.2 Å². The normalized spacial score (nSPS) is 16.3. The van der Waals surface area contributed by atoms with Gasteiger partial charge < -0.3 is 25.0 Å². The average molecular weight is 478 g/mol. The molecule has 3 rings (SSSR count). The molecule has 0 aromatic heterocycles. The third kappa shape index (κ3) is 6.44. The molecule has 0 saturated heterocycles. The highest BCUT2D eigenvalue weighted by molar-refractivity contribution is 5.94. The summed E-state index contributed by atoms with van der Waals surface area (Å²) >= 11 is 0. The van der Waals surface area contributed by atoms with E-state index in [9.17, 15) is 23.1 Å². The van der Waals surface area contributed by atoms with Gasteiger partial charge in [0, 0.05) is 25.0 Å². The number of aliphatic hydroxyl groups excluding tert-OH is 1. The van der Waals surface area contributed by atoms with E-state index in [-0.39, 0.29) is 18.1 Å². The van der Waals surface area contributed by atoms with Crippen LogP contribution in [0.2, 0.25) is 0 Å². The van der Waals surface area contributed by atoms with Crippen molar-refractivity contribution in [2.24, 2.45) is 0 Å². The zero-order valence-electron chi connectivity index (χ0n) is 19.3. The van der Waals surface area contributed by atoms with Gasteiger partial charge in [-0.15, -0.1) is 0 Å². The number of methoxy groups -OCH3 is 1. The highest BCUT2D eigenvalue weighted by Crippen LogP contribution is 2.33. The standard InChI is InChI=1S/C25H30F3N3O3/c1-3-4-13-30-16-19(23(32)29-12-11-18-7-5-10-22(14-18)34-2)17-31(24(30)33)21-9-6-8-20(15-21)25(26,27)28/h5-10,14-16,24,33H,3-4,11-13,17H2,1-2H3,(H,29,32). The van der Waals surface area contributed by atoms with Crippen molar-refractivity contribution in [3.05, 3.63) is 71.4 Å². The molecule has 1 atom stereocenters. The lowest BCUT2D eigenvalue weighted by atomic mass is 10.1. The number of aliphatic hydroxyl groups is 1. The molecule has 1 unspecified atom stereocenters. The second kappa shape index (κ2) is 11.3. The van der Waals surface area contributed by atoms with Gasteiger partial charge in [0.1, 0.15) is 5.75 Å². The number of carbonyl (C=O) groups is 1. The average Bonchev–Trinajstić information content (AvgIpc) is 2.83. The molecule has 9 heteroatoms. The Labute approximate surface area is 197 Å². The number of anilines is 1. The molecule has 6 nitrogen and oxygen atoms in total. The first-order valence-corrected chi connectivity index (χ1v) is 11.2. The molecule has 1 heterocycles. The molecular formula is C25H30F3N3O3. The second-order valence-corrected chi connectivity index (χ2v) is 8.13. The number of amides is 1. The zero-order chi connectivity index (χ0) is 24.7. The number of alkyl halides is 3. The molecule has 1 aliphatic rings. The molecule has 1 aliphatic heterocycles. The Kier molecular flexibility index (Phi) is 8.44. The minimum atomic E-state index is -4.51. The number of ether oxygens (including phenoxy) is 1. The molecule has 184 valence electrons. The molecule has 0 fully saturated rings. The van der Waals surface area contributed by atoms with Gasteiger partial charge in [-0.1, -0.05) is 31.5 Å². The van der Waals surface area contributed by atoms with Crippen molar-refractivity contribution >= 4 is 11.6 Å². The summed E-state index contributed by atoms with van der Waals surface area (Å²) in [5, 5.41) is 13.7. The van der Waals surface area contributed by atoms with E-state index in [1.54, 1.807) is 18.2 Å². The predicted molar refractivity (Wildman–Crippen MR) is 124 cm³/mol. The summed E-state index contributed by atoms with van der Waals surface area (Å²) in [6, 6.07) is 12.3. The number of hydrogen-bond acceptors (Lipinski definition) is 5. The maximum Gasteiger partial charge on any atom is 0.416 e. The predicted octanol–water partition coefficient (Wildman–Crippen LogP) is 4.15. The fourth-order valence-electron chi connectivity index (χ4n) is 3.75. The Morgan fingerprint density at radius 2 is 1.97 bits per heavy atom. The molecule has 1 amide bonds. The monoisotopic (exact) mass is 477 g/mol. The van der Waals surface area contributed by atoms with Crippen molar-refractivity contribution in [2.45, 2.75) is 38.7 Å². The Morgan fingerprint density at radius 1 is 1.21 bits per heavy atom. The molecule has 0 bridgehead atoms. The number of benzene rings is 2. The topological polar surface area (TPSA) is 65.0 Å². The summed E-state index contributed by atoms with van der Waals surface area (Å²) in [6.07, 6.45) is -1.86. The first-order chi connectivity index (χ1) is 16.2. The SMILES string of the molecule is CCCCN1C=C(C(=O)NCCc2cccc(OC)c2)CN(c2cccc(C(F)(F)F)c2)C1O. The van der Waals surface area contributed by atoms with Gasteiger partial charge in [0.2, 0.25) is 12.3 Å². The van der Waals surface area contributed by atoms with Gasteiger partial charge in [-0.2, -0.15) is 13.2 Å². The molecule has 0 saturated carbocycles. The van der Waals surface area contributed by atoms with Crippen LogP contribution in [0.3, 0.4) is 0 Å². The Balaban J connectivity index is 1.75. The fourth-order valence-corrected chi connectivity index (χ4v) is 3.75. The highest BCUT2D eigenvalue weighted by atomic mass is 19.4. The van der Waals surface area contributed by atoms with E-state index in [2.05, 4.69) is 5.32 Å². The molecule has 0 spiro atoms. The Morgan fingerprint density at radius 3 is 2.68 bits per heavy atom. The van der Waals surface area contributed by atoms with Gasteiger partial charge in [-0.05, 0) is 48.7 Å². The van der Waals surface area contributed by atoms with E-state index in [1.165, 1.54) is 17.0 Å². The maximum atomic E-state index is 13.2. The molecule has 2 N–H and O–H groups in total. The van der Waals surface area contributed by atoms with E-state index < -0.39 is 18.1 Å². The van der Waals surface area contributed by atoms with Crippen molar-refractivity contribution < 1.29 is 27.8 Å². The number of hydrogen-bond donors (Lipinski definition) is 2. The number of carbonyl (C=O) groups excluding carboxylic acids is 1. The second-order valence-electron chi connectivity index (χ2n) is 8.13. The Hall–Kier alpha value is -3.20. The van der Waals surface area contributed by atoms with Crippen molar-refractivity contribution in [1.29, 1.82) is 0 Å². The van der Waals surface area contributed by atoms with Crippen LogP contribution in [-0.4, -0.2) is 49.0 Å². The van der Waals surface area contributed by atoms with E-state index in [0.717, 1.165) is 36.3 Å². The van der Waals surface area contributed by atoms with Gasteiger partial charge in [-0.25, -0.2) is 0 Å². The Bertz CT molecular complexity index is 1010. The number of unbranched alkanes of at least 4 members (excludes halogenated alkanes) is 1. The van der Waals surface area contributed by atoms with Crippen molar-refractivity contribution in [2.75, 3.05) is 31.6 Å². The van der Waals surface area contributed by atoms with Crippen molar-refractivity contribution in [3.8, 4) is 5.75 Å². The number of nitrogens with one attached hydrogen (secondary N) is 1. The third-order valence-electron chi connectivity index (χ3n) is 5.64. The van der Waals surface area contributed by atoms with Gasteiger partial charge in [0.25, 0.3) is 0 Å². The van der Waals surface area contributed by atoms with E-state index >= 15 is 0 Å². The molecule has 34 heavy (non-hydrogen) atoms. The van der Waals surface area contributed by atoms with E-state index in [4.69, 9.17) is 4.74 Å². The van der Waals surface area contributed by atoms with E-state index in [0.29, 0.717) is 25.1 Å². The highest BCUT2D eigenvalue weighted by Gasteiger charge is 2.33. The zero-order valence-corrected chi connectivity index (χ0v) is 19.3. The fraction of sp³-hybridized carbons (Fsp3) is 0.400. The van der Waals surface area contributed by atoms with Crippen LogP contribution in [0.25, 0.3) is 0 Å². The van der Waals surface area contributed by atoms with Gasteiger partial charge in [-0.3, -0.25) is 4.79 Å². The van der Waals surface area contributed by atoms with Crippen LogP contribution in [0.15, 0.2) is 60.3 Å². The summed E-state index contributed by atoms with van der Waals surface area (Å²) < 4.78 is 44.9. The van der Waals surface area contributed by atoms with Crippen molar-refractivity contribution in [3.63, 3.8) is 0 Å². The largest absolute Gasteiger partial charge is 0.497 e. The van der Waals surface area contributed by atoms with Crippen LogP contribution in [0, 0.1) is 0 Å². The number of nitrogens with zero attached hydrogens (tertiary/aromatic N) is 2. The van der Waals surface area contributed by atoms with Crippen LogP contribution < -0.4 is 15.0 Å². The first kappa shape index (κ1) is 25.4. The summed E-state index contributed by atoms with van der Waals surface area (Å²) in [6.45, 7) is 2.82. The lowest BCUT2D eigenvalue weighted by molar-refractivity contribution is -0.137. The summed E-state index contributed by atoms with van der Waals surface area (Å²) in [5.41, 5.74) is 0.752. The quantitative estimate of drug-likeness (QED) is 0.568. The van der Waals surface area contributed by atoms with Gasteiger partial charge in [0.15, 0.2) is 0 Å². The molecule has 0 aliphatic carbocycles. The van der Waals surface area contributed by atoms with Crippen molar-refractivity contribution in [1.82, 2.24) is 10.2 Å². The van der Waals surface area contributed by atoms with Crippen LogP contribution in [-0.2, 0) is 17.4 Å². The smallest absolute Gasteiger partial charge is 0.416 e. The summed E-state index contributed by atoms with van der Waals surface area (Å²) in [5.74, 6) is 0.407. The van der Waals surface area contributed by atoms with Gasteiger partial charge in [0.05, 0.1) is 24.8 Å². The first-order valence-electron chi connectivity index (χ1n) is 11.2. The lowest BCUT2D eigenvalue weighted by Gasteiger charge is -2.41. The van der Waals surface area contributed by atoms with Crippen LogP contribution in [0.4, 0.5) is 18.9 Å². The molecular weight excluding hydrogens is 447 g/mol. The van der Waals surface area contributed by atoms with Crippen LogP contribution in [0.1, 0.15) is 30.9 Å². The third-order valence-corrected chi connectivity index (χ3v) is 5.64. The number of halogens is 3. The minimum Gasteiger partial charge on any atom is -0.497 e. The van der Waals surface area contributed by atoms with Crippen LogP contribution >= 0.6 is 0 Å². The molecule has 2 aromatic carbocycles. The minimum absolute atomic E-state index is 0.0178. The molecule has 0 radical (unpaired) electrons. The maximum absolute atomic E-state index is 13.2. The van der Waals surface area contributed by atoms with Crippen LogP contribution in [0.5, 0.6) is 5.75 Å². The molecule has 2 aromatic rings. The lowest BCUT2D eigenvalue weighted by Crippen LogP contribution is -2.52. The summed E-state index contributed by atoms with van der Waals surface area (Å²) in [4.78, 5) is 15.9. The number of rotatable bonds is 9. The van der Waals surface area contributed by atoms with Gasteiger partial charge >= 0.3 is 6.18 Å².